The third-order valence-corrected chi connectivity index (χ3v) is 4.14. The Kier molecular flexibility index (Phi) is 2.87. The summed E-state index contributed by atoms with van der Waals surface area (Å²) in [7, 11) is 0. The molecule has 1 amide bonds. The molecular weight excluding hydrogens is 236 g/mol. The second kappa shape index (κ2) is 4.55. The van der Waals surface area contributed by atoms with Crippen molar-refractivity contribution in [3.05, 3.63) is 47.5 Å². The Morgan fingerprint density at radius 1 is 1.32 bits per heavy atom. The van der Waals surface area contributed by atoms with Gasteiger partial charge < -0.3 is 4.90 Å². The van der Waals surface area contributed by atoms with E-state index in [4.69, 9.17) is 5.26 Å². The Morgan fingerprint density at radius 2 is 2.00 bits per heavy atom. The number of rotatable bonds is 1. The number of nitrogens with zero attached hydrogens (tertiary/aromatic N) is 2. The highest BCUT2D eigenvalue weighted by molar-refractivity contribution is 5.95. The van der Waals surface area contributed by atoms with Crippen LogP contribution < -0.4 is 0 Å². The van der Waals surface area contributed by atoms with E-state index in [2.05, 4.69) is 12.6 Å². The maximum absolute atomic E-state index is 12.6. The maximum Gasteiger partial charge on any atom is 0.254 e. The van der Waals surface area contributed by atoms with Crippen molar-refractivity contribution < 1.29 is 4.79 Å². The van der Waals surface area contributed by atoms with Crippen LogP contribution in [0.25, 0.3) is 0 Å². The molecule has 2 atom stereocenters. The molecule has 3 nitrogen and oxygen atoms in total. The van der Waals surface area contributed by atoms with Gasteiger partial charge in [0.25, 0.3) is 5.91 Å². The van der Waals surface area contributed by atoms with Crippen molar-refractivity contribution in [2.24, 2.45) is 0 Å². The molecule has 0 N–H and O–H groups in total. The van der Waals surface area contributed by atoms with Crippen LogP contribution in [0.1, 0.15) is 41.6 Å². The van der Waals surface area contributed by atoms with Gasteiger partial charge in [-0.1, -0.05) is 18.2 Å². The fourth-order valence-corrected chi connectivity index (χ4v) is 3.31. The van der Waals surface area contributed by atoms with Gasteiger partial charge in [0, 0.05) is 17.6 Å². The smallest absolute Gasteiger partial charge is 0.254 e. The van der Waals surface area contributed by atoms with Crippen molar-refractivity contribution >= 4 is 5.91 Å². The molecule has 19 heavy (non-hydrogen) atoms. The summed E-state index contributed by atoms with van der Waals surface area (Å²) in [4.78, 5) is 14.6. The molecule has 3 rings (SSSR count). The minimum absolute atomic E-state index is 0.0668. The van der Waals surface area contributed by atoms with Crippen molar-refractivity contribution in [1.82, 2.24) is 4.90 Å². The Labute approximate surface area is 113 Å². The zero-order chi connectivity index (χ0) is 13.4. The number of fused-ring (bicyclic) bond motifs is 2. The van der Waals surface area contributed by atoms with E-state index >= 15 is 0 Å². The van der Waals surface area contributed by atoms with Crippen LogP contribution in [-0.4, -0.2) is 22.9 Å². The molecule has 2 aliphatic heterocycles. The summed E-state index contributed by atoms with van der Waals surface area (Å²) in [6, 6.07) is 9.69. The number of benzene rings is 1. The van der Waals surface area contributed by atoms with Crippen molar-refractivity contribution in [2.45, 2.75) is 37.8 Å². The molecule has 0 aromatic heterocycles. The number of piperidine rings is 1. The second-order valence-electron chi connectivity index (χ2n) is 5.45. The first-order valence-electron chi connectivity index (χ1n) is 6.68. The molecule has 0 spiro atoms. The fourth-order valence-electron chi connectivity index (χ4n) is 3.31. The summed E-state index contributed by atoms with van der Waals surface area (Å²) in [6.45, 7) is 4.07. The average Bonchev–Trinajstić information content (AvgIpc) is 2.70. The van der Waals surface area contributed by atoms with E-state index in [1.54, 1.807) is 24.3 Å². The van der Waals surface area contributed by atoms with Crippen LogP contribution in [0.5, 0.6) is 0 Å². The first-order valence-corrected chi connectivity index (χ1v) is 6.68. The van der Waals surface area contributed by atoms with E-state index in [1.807, 2.05) is 4.90 Å². The standard InChI is InChI=1S/C16H16N2O/c1-11-7-14-5-6-15(8-11)18(14)16(19)13-4-2-3-12(9-13)10-17/h2-4,9,14-15H,1,5-8H2. The second-order valence-corrected chi connectivity index (χ2v) is 5.45. The average molecular weight is 252 g/mol. The maximum atomic E-state index is 12.6. The molecule has 0 radical (unpaired) electrons. The van der Waals surface area contributed by atoms with E-state index in [9.17, 15) is 4.79 Å². The number of amides is 1. The van der Waals surface area contributed by atoms with Gasteiger partial charge >= 0.3 is 0 Å². The predicted molar refractivity (Wildman–Crippen MR) is 72.5 cm³/mol. The van der Waals surface area contributed by atoms with Gasteiger partial charge in [-0.05, 0) is 43.9 Å². The van der Waals surface area contributed by atoms with Crippen molar-refractivity contribution in [3.8, 4) is 6.07 Å². The summed E-state index contributed by atoms with van der Waals surface area (Å²) >= 11 is 0. The molecule has 0 aliphatic carbocycles. The molecule has 2 fully saturated rings. The van der Waals surface area contributed by atoms with Crippen molar-refractivity contribution in [3.63, 3.8) is 0 Å². The molecule has 3 heteroatoms. The van der Waals surface area contributed by atoms with Crippen molar-refractivity contribution in [1.29, 1.82) is 5.26 Å². The Balaban J connectivity index is 1.88. The van der Waals surface area contributed by atoms with Crippen LogP contribution in [0, 0.1) is 11.3 Å². The van der Waals surface area contributed by atoms with E-state index < -0.39 is 0 Å². The molecule has 1 aromatic rings. The van der Waals surface area contributed by atoms with Crippen LogP contribution in [0.3, 0.4) is 0 Å². The number of hydrogen-bond donors (Lipinski definition) is 0. The van der Waals surface area contributed by atoms with E-state index in [1.165, 1.54) is 5.57 Å². The third kappa shape index (κ3) is 2.04. The SMILES string of the molecule is C=C1CC2CCC(C1)N2C(=O)c1cccc(C#N)c1. The van der Waals surface area contributed by atoms with Crippen molar-refractivity contribution in [2.75, 3.05) is 0 Å². The lowest BCUT2D eigenvalue weighted by Gasteiger charge is -2.36. The molecule has 2 bridgehead atoms. The largest absolute Gasteiger partial charge is 0.332 e. The highest BCUT2D eigenvalue weighted by Crippen LogP contribution is 2.38. The summed E-state index contributed by atoms with van der Waals surface area (Å²) in [5.41, 5.74) is 2.44. The van der Waals surface area contributed by atoms with Gasteiger partial charge in [0.05, 0.1) is 11.6 Å². The van der Waals surface area contributed by atoms with Gasteiger partial charge in [0.2, 0.25) is 0 Å². The fraction of sp³-hybridized carbons (Fsp3) is 0.375. The van der Waals surface area contributed by atoms with E-state index in [0.717, 1.165) is 25.7 Å². The first kappa shape index (κ1) is 12.0. The highest BCUT2D eigenvalue weighted by Gasteiger charge is 2.40. The third-order valence-electron chi connectivity index (χ3n) is 4.14. The van der Waals surface area contributed by atoms with Gasteiger partial charge in [0.15, 0.2) is 0 Å². The summed E-state index contributed by atoms with van der Waals surface area (Å²) in [6.07, 6.45) is 4.01. The van der Waals surface area contributed by atoms with E-state index in [-0.39, 0.29) is 5.91 Å². The molecule has 2 heterocycles. The van der Waals surface area contributed by atoms with Gasteiger partial charge in [0.1, 0.15) is 0 Å². The van der Waals surface area contributed by atoms with Gasteiger partial charge in [-0.2, -0.15) is 5.26 Å². The molecule has 2 unspecified atom stereocenters. The zero-order valence-electron chi connectivity index (χ0n) is 10.8. The predicted octanol–water partition coefficient (Wildman–Crippen LogP) is 2.88. The Hall–Kier alpha value is -2.08. The Bertz CT molecular complexity index is 569. The normalized spacial score (nSPS) is 25.2. The lowest BCUT2D eigenvalue weighted by atomic mass is 9.97. The topological polar surface area (TPSA) is 44.1 Å². The minimum atomic E-state index is 0.0668. The monoisotopic (exact) mass is 252 g/mol. The number of carbonyl (C=O) groups excluding carboxylic acids is 1. The van der Waals surface area contributed by atoms with Gasteiger partial charge in [-0.15, -0.1) is 0 Å². The molecule has 96 valence electrons. The molecule has 0 saturated carbocycles. The number of nitriles is 1. The van der Waals surface area contributed by atoms with E-state index in [0.29, 0.717) is 23.2 Å². The van der Waals surface area contributed by atoms with Crippen LogP contribution in [-0.2, 0) is 0 Å². The molecule has 2 aliphatic rings. The lowest BCUT2D eigenvalue weighted by molar-refractivity contribution is 0.0635. The number of hydrogen-bond acceptors (Lipinski definition) is 2. The highest BCUT2D eigenvalue weighted by atomic mass is 16.2. The molecule has 2 saturated heterocycles. The van der Waals surface area contributed by atoms with Gasteiger partial charge in [-0.3, -0.25) is 4.79 Å². The van der Waals surface area contributed by atoms with Crippen LogP contribution in [0.15, 0.2) is 36.4 Å². The quantitative estimate of drug-likeness (QED) is 0.721. The Morgan fingerprint density at radius 3 is 2.63 bits per heavy atom. The minimum Gasteiger partial charge on any atom is -0.332 e. The molecule has 1 aromatic carbocycles. The lowest BCUT2D eigenvalue weighted by Crippen LogP contribution is -2.44. The summed E-state index contributed by atoms with van der Waals surface area (Å²) in [5, 5.41) is 8.92. The summed E-state index contributed by atoms with van der Waals surface area (Å²) < 4.78 is 0. The van der Waals surface area contributed by atoms with Crippen LogP contribution in [0.4, 0.5) is 0 Å². The zero-order valence-corrected chi connectivity index (χ0v) is 10.8. The number of carbonyl (C=O) groups is 1. The molecular formula is C16H16N2O. The van der Waals surface area contributed by atoms with Gasteiger partial charge in [-0.25, -0.2) is 0 Å². The first-order chi connectivity index (χ1) is 9.19. The summed E-state index contributed by atoms with van der Waals surface area (Å²) in [5.74, 6) is 0.0668. The van der Waals surface area contributed by atoms with Crippen LogP contribution in [0.2, 0.25) is 0 Å². The van der Waals surface area contributed by atoms with Crippen LogP contribution >= 0.6 is 0 Å².